The van der Waals surface area contributed by atoms with Crippen molar-refractivity contribution >= 4 is 39.5 Å². The van der Waals surface area contributed by atoms with E-state index < -0.39 is 97.5 Å². The number of aliphatic hydroxyl groups is 1. The van der Waals surface area contributed by atoms with Gasteiger partial charge in [0.15, 0.2) is 12.2 Å². The SMILES string of the molecule is CCC(C)CCCCCCCCCCC(=O)O[C@H](COC(=O)CCCCCCCCCCCCCCCC(C)C)COP(=O)(O)OCC(O)COP(=O)(O)OC[C@@H](COC(=O)CCCCCCCCCC(C)C)OC(=O)CCCCCCCCCCCCC(C)C. The van der Waals surface area contributed by atoms with Gasteiger partial charge in [-0.3, -0.25) is 37.3 Å². The van der Waals surface area contributed by atoms with Gasteiger partial charge in [0.25, 0.3) is 0 Å². The van der Waals surface area contributed by atoms with Crippen LogP contribution >= 0.6 is 15.6 Å². The summed E-state index contributed by atoms with van der Waals surface area (Å²) in [7, 11) is -9.91. The highest BCUT2D eigenvalue weighted by Gasteiger charge is 2.30. The lowest BCUT2D eigenvalue weighted by Gasteiger charge is -2.21. The summed E-state index contributed by atoms with van der Waals surface area (Å²) < 4.78 is 68.4. The van der Waals surface area contributed by atoms with Crippen molar-refractivity contribution in [3.05, 3.63) is 0 Å². The monoisotopic (exact) mass is 1340 g/mol. The molecule has 0 aromatic carbocycles. The molecule has 0 aromatic rings. The predicted molar refractivity (Wildman–Crippen MR) is 367 cm³/mol. The number of aliphatic hydroxyl groups excluding tert-OH is 1. The van der Waals surface area contributed by atoms with E-state index in [-0.39, 0.29) is 25.7 Å². The fourth-order valence-corrected chi connectivity index (χ4v) is 12.4. The van der Waals surface area contributed by atoms with Gasteiger partial charge in [-0.2, -0.15) is 0 Å². The van der Waals surface area contributed by atoms with Gasteiger partial charge >= 0.3 is 39.5 Å². The van der Waals surface area contributed by atoms with Crippen LogP contribution in [-0.2, 0) is 65.4 Å². The molecule has 3 N–H and O–H groups in total. The number of hydrogen-bond donors (Lipinski definition) is 3. The molecule has 0 bridgehead atoms. The topological polar surface area (TPSA) is 237 Å². The molecule has 0 aliphatic rings. The van der Waals surface area contributed by atoms with Gasteiger partial charge in [-0.15, -0.1) is 0 Å². The van der Waals surface area contributed by atoms with E-state index in [9.17, 15) is 43.2 Å². The van der Waals surface area contributed by atoms with Gasteiger partial charge < -0.3 is 33.8 Å². The molecule has 0 amide bonds. The third kappa shape index (κ3) is 65.1. The summed E-state index contributed by atoms with van der Waals surface area (Å²) in [6, 6.07) is 0. The van der Waals surface area contributed by atoms with Crippen LogP contribution in [0.1, 0.15) is 357 Å². The molecule has 0 aliphatic heterocycles. The van der Waals surface area contributed by atoms with E-state index in [2.05, 4.69) is 55.4 Å². The molecule has 0 saturated carbocycles. The first-order chi connectivity index (χ1) is 43.6. The van der Waals surface area contributed by atoms with Gasteiger partial charge in [0.05, 0.1) is 26.4 Å². The molecule has 0 spiro atoms. The second-order valence-electron chi connectivity index (χ2n) is 27.6. The Bertz CT molecular complexity index is 1800. The van der Waals surface area contributed by atoms with E-state index in [0.717, 1.165) is 114 Å². The number of rotatable bonds is 69. The molecular weight excluding hydrogens is 1200 g/mol. The maximum atomic E-state index is 13.0. The van der Waals surface area contributed by atoms with Crippen LogP contribution in [0.2, 0.25) is 0 Å². The molecule has 540 valence electrons. The number of unbranched alkanes of at least 4 members (excludes halogenated alkanes) is 34. The summed E-state index contributed by atoms with van der Waals surface area (Å²) in [5.41, 5.74) is 0. The van der Waals surface area contributed by atoms with Crippen molar-refractivity contribution < 1.29 is 80.2 Å². The highest BCUT2D eigenvalue weighted by Crippen LogP contribution is 2.45. The maximum absolute atomic E-state index is 13.0. The average molecular weight is 1340 g/mol. The zero-order valence-corrected chi connectivity index (χ0v) is 61.3. The minimum absolute atomic E-state index is 0.105. The highest BCUT2D eigenvalue weighted by atomic mass is 31.2. The third-order valence-electron chi connectivity index (χ3n) is 16.9. The van der Waals surface area contributed by atoms with Crippen LogP contribution < -0.4 is 0 Å². The number of carbonyl (C=O) groups excluding carboxylic acids is 4. The van der Waals surface area contributed by atoms with Crippen molar-refractivity contribution in [2.24, 2.45) is 23.7 Å². The largest absolute Gasteiger partial charge is 0.472 e. The Morgan fingerprint density at radius 1 is 0.308 bits per heavy atom. The van der Waals surface area contributed by atoms with Crippen molar-refractivity contribution in [1.29, 1.82) is 0 Å². The van der Waals surface area contributed by atoms with Crippen molar-refractivity contribution in [3.63, 3.8) is 0 Å². The van der Waals surface area contributed by atoms with Gasteiger partial charge in [0, 0.05) is 25.7 Å². The summed E-state index contributed by atoms with van der Waals surface area (Å²) in [4.78, 5) is 72.6. The minimum Gasteiger partial charge on any atom is -0.462 e. The Kier molecular flexibility index (Phi) is 60.3. The van der Waals surface area contributed by atoms with E-state index >= 15 is 0 Å². The smallest absolute Gasteiger partial charge is 0.462 e. The summed E-state index contributed by atoms with van der Waals surface area (Å²) >= 11 is 0. The standard InChI is InChI=1S/C72H140O17P2/c1-9-65(8)51-43-35-27-21-22-30-39-47-55-72(77)89-67(58-82-69(74)52-44-36-28-19-14-12-10-11-13-17-24-32-40-48-62(2)3)60-86-90(78,79)84-56-66(73)57-85-91(80,81)87-61-68(59-83-70(75)53-45-37-31-23-26-34-42-50-64(6)7)88-71(76)54-46-38-29-20-16-15-18-25-33-41-49-63(4)5/h62-68,73H,9-61H2,1-8H3,(H,78,79)(H,80,81)/t65?,66?,67-,68-/m1/s1. The first-order valence-electron chi connectivity index (χ1n) is 37.2. The Labute approximate surface area is 556 Å². The average Bonchev–Trinajstić information content (AvgIpc) is 2.96. The Morgan fingerprint density at radius 3 is 0.780 bits per heavy atom. The van der Waals surface area contributed by atoms with Crippen molar-refractivity contribution in [2.45, 2.75) is 375 Å². The molecule has 0 aromatic heterocycles. The third-order valence-corrected chi connectivity index (χ3v) is 18.8. The quantitative estimate of drug-likeness (QED) is 0.0222. The number of phosphoric ester groups is 2. The summed E-state index contributed by atoms with van der Waals surface area (Å²) in [6.45, 7) is 14.1. The van der Waals surface area contributed by atoms with Crippen LogP contribution in [-0.4, -0.2) is 96.7 Å². The predicted octanol–water partition coefficient (Wildman–Crippen LogP) is 20.5. The molecule has 0 radical (unpaired) electrons. The lowest BCUT2D eigenvalue weighted by Crippen LogP contribution is -2.30. The molecule has 6 atom stereocenters. The van der Waals surface area contributed by atoms with E-state index in [4.69, 9.17) is 37.0 Å². The molecular formula is C72H140O17P2. The van der Waals surface area contributed by atoms with Crippen LogP contribution in [0.25, 0.3) is 0 Å². The highest BCUT2D eigenvalue weighted by molar-refractivity contribution is 7.47. The number of hydrogen-bond acceptors (Lipinski definition) is 15. The van der Waals surface area contributed by atoms with Gasteiger partial charge in [-0.25, -0.2) is 9.13 Å². The van der Waals surface area contributed by atoms with E-state index in [0.29, 0.717) is 31.6 Å². The van der Waals surface area contributed by atoms with E-state index in [1.807, 2.05) is 0 Å². The molecule has 19 heteroatoms. The minimum atomic E-state index is -4.95. The zero-order chi connectivity index (χ0) is 67.5. The normalized spacial score (nSPS) is 14.5. The summed E-state index contributed by atoms with van der Waals surface area (Å²) in [5.74, 6) is 0.890. The molecule has 0 saturated heterocycles. The zero-order valence-electron chi connectivity index (χ0n) is 59.5. The number of ether oxygens (including phenoxy) is 4. The second-order valence-corrected chi connectivity index (χ2v) is 30.6. The molecule has 0 aliphatic carbocycles. The van der Waals surface area contributed by atoms with Crippen LogP contribution in [0.4, 0.5) is 0 Å². The van der Waals surface area contributed by atoms with Gasteiger partial charge in [-0.1, -0.05) is 306 Å². The molecule has 4 unspecified atom stereocenters. The van der Waals surface area contributed by atoms with Gasteiger partial charge in [0.1, 0.15) is 19.3 Å². The maximum Gasteiger partial charge on any atom is 0.472 e. The van der Waals surface area contributed by atoms with Crippen LogP contribution in [0.3, 0.4) is 0 Å². The van der Waals surface area contributed by atoms with E-state index in [1.165, 1.54) is 154 Å². The molecule has 17 nitrogen and oxygen atoms in total. The van der Waals surface area contributed by atoms with Crippen LogP contribution in [0, 0.1) is 23.7 Å². The van der Waals surface area contributed by atoms with Crippen LogP contribution in [0.15, 0.2) is 0 Å². The van der Waals surface area contributed by atoms with Gasteiger partial charge in [0.2, 0.25) is 0 Å². The molecule has 0 fully saturated rings. The number of phosphoric acid groups is 2. The first kappa shape index (κ1) is 89.1. The van der Waals surface area contributed by atoms with Crippen molar-refractivity contribution in [3.8, 4) is 0 Å². The number of esters is 4. The summed E-state index contributed by atoms with van der Waals surface area (Å²) in [6.07, 6.45) is 44.4. The van der Waals surface area contributed by atoms with E-state index in [1.54, 1.807) is 0 Å². The molecule has 91 heavy (non-hydrogen) atoms. The first-order valence-corrected chi connectivity index (χ1v) is 40.2. The lowest BCUT2D eigenvalue weighted by atomic mass is 9.99. The summed E-state index contributed by atoms with van der Waals surface area (Å²) in [5, 5.41) is 10.6. The fraction of sp³-hybridized carbons (Fsp3) is 0.944. The van der Waals surface area contributed by atoms with Crippen molar-refractivity contribution in [2.75, 3.05) is 39.6 Å². The fourth-order valence-electron chi connectivity index (χ4n) is 10.8. The Morgan fingerprint density at radius 2 is 0.527 bits per heavy atom. The van der Waals surface area contributed by atoms with Crippen LogP contribution in [0.5, 0.6) is 0 Å². The molecule has 0 rings (SSSR count). The Hall–Kier alpha value is -1.94. The lowest BCUT2D eigenvalue weighted by molar-refractivity contribution is -0.161. The van der Waals surface area contributed by atoms with Gasteiger partial charge in [-0.05, 0) is 49.4 Å². The molecule has 0 heterocycles. The Balaban J connectivity index is 5.25. The second kappa shape index (κ2) is 61.6. The number of carbonyl (C=O) groups is 4. The van der Waals surface area contributed by atoms with Crippen molar-refractivity contribution in [1.82, 2.24) is 0 Å².